The van der Waals surface area contributed by atoms with E-state index in [0.29, 0.717) is 30.4 Å². The quantitative estimate of drug-likeness (QED) is 0.611. The highest BCUT2D eigenvalue weighted by Crippen LogP contribution is 2.16. The monoisotopic (exact) mass is 421 g/mol. The second-order valence-corrected chi connectivity index (χ2v) is 7.71. The van der Waals surface area contributed by atoms with E-state index in [1.54, 1.807) is 10.9 Å². The van der Waals surface area contributed by atoms with Crippen LogP contribution in [0.1, 0.15) is 21.6 Å². The van der Waals surface area contributed by atoms with E-state index in [1.807, 2.05) is 47.4 Å². The summed E-state index contributed by atoms with van der Waals surface area (Å²) < 4.78 is 1.65. The number of benzene rings is 2. The Morgan fingerprint density at radius 2 is 1.73 bits per heavy atom. The van der Waals surface area contributed by atoms with Crippen LogP contribution in [0, 0.1) is 0 Å². The smallest absolute Gasteiger partial charge is 0.276 e. The number of hydrogen-bond acceptors (Lipinski definition) is 4. The largest absolute Gasteiger partial charge is 0.335 e. The first-order chi connectivity index (χ1) is 14.7. The third-order valence-electron chi connectivity index (χ3n) is 5.18. The van der Waals surface area contributed by atoms with Gasteiger partial charge in [0.05, 0.1) is 12.7 Å². The van der Waals surface area contributed by atoms with Gasteiger partial charge in [0.15, 0.2) is 5.69 Å². The molecule has 3 aromatic rings. The van der Waals surface area contributed by atoms with Gasteiger partial charge in [-0.3, -0.25) is 9.69 Å². The van der Waals surface area contributed by atoms with Crippen LogP contribution in [0.15, 0.2) is 66.9 Å². The van der Waals surface area contributed by atoms with Crippen molar-refractivity contribution >= 4 is 23.6 Å². The molecular weight excluding hydrogens is 398 g/mol. The van der Waals surface area contributed by atoms with Crippen LogP contribution < -0.4 is 0 Å². The molecule has 1 saturated heterocycles. The average molecular weight is 422 g/mol. The lowest BCUT2D eigenvalue weighted by atomic mass is 10.2. The molecule has 6 nitrogen and oxygen atoms in total. The fourth-order valence-corrected chi connectivity index (χ4v) is 3.67. The molecule has 1 amide bonds. The lowest BCUT2D eigenvalue weighted by Gasteiger charge is -2.33. The van der Waals surface area contributed by atoms with Crippen LogP contribution in [-0.4, -0.2) is 63.4 Å². The highest BCUT2D eigenvalue weighted by Gasteiger charge is 2.23. The Bertz CT molecular complexity index is 1010. The number of rotatable bonds is 6. The lowest BCUT2D eigenvalue weighted by molar-refractivity contribution is 0.0644. The summed E-state index contributed by atoms with van der Waals surface area (Å²) in [5.41, 5.74) is 2.52. The molecule has 0 N–H and O–H groups in total. The molecule has 0 bridgehead atoms. The Labute approximate surface area is 181 Å². The second-order valence-electron chi connectivity index (χ2n) is 7.30. The molecule has 0 saturated carbocycles. The van der Waals surface area contributed by atoms with Gasteiger partial charge >= 0.3 is 0 Å². The van der Waals surface area contributed by atoms with Crippen molar-refractivity contribution in [2.45, 2.75) is 6.54 Å². The maximum absolute atomic E-state index is 12.8. The standard InChI is InChI=1S/C23H24ClN5O/c24-21-11-5-4-10-20(21)17-29-18-22(25-26-29)23(30)28-15-13-27(14-16-28)12-6-9-19-7-2-1-3-8-19/h1-11,18H,12-17H2. The normalized spacial score (nSPS) is 15.0. The third-order valence-corrected chi connectivity index (χ3v) is 5.55. The summed E-state index contributed by atoms with van der Waals surface area (Å²) in [6.07, 6.45) is 6.00. The summed E-state index contributed by atoms with van der Waals surface area (Å²) in [4.78, 5) is 17.0. The third kappa shape index (κ3) is 5.14. The molecule has 7 heteroatoms. The van der Waals surface area contributed by atoms with E-state index in [4.69, 9.17) is 11.6 Å². The minimum absolute atomic E-state index is 0.0695. The Kier molecular flexibility index (Phi) is 6.57. The molecule has 1 fully saturated rings. The number of nitrogens with zero attached hydrogens (tertiary/aromatic N) is 5. The van der Waals surface area contributed by atoms with E-state index in [1.165, 1.54) is 5.56 Å². The van der Waals surface area contributed by atoms with Gasteiger partial charge in [0.2, 0.25) is 0 Å². The zero-order valence-corrected chi connectivity index (χ0v) is 17.4. The number of piperazine rings is 1. The number of carbonyl (C=O) groups excluding carboxylic acids is 1. The summed E-state index contributed by atoms with van der Waals surface area (Å²) in [7, 11) is 0. The van der Waals surface area contributed by atoms with Crippen molar-refractivity contribution in [1.29, 1.82) is 0 Å². The van der Waals surface area contributed by atoms with Gasteiger partial charge in [-0.05, 0) is 17.2 Å². The minimum Gasteiger partial charge on any atom is -0.335 e. The van der Waals surface area contributed by atoms with E-state index >= 15 is 0 Å². The van der Waals surface area contributed by atoms with Crippen molar-refractivity contribution in [3.63, 3.8) is 0 Å². The molecule has 0 aliphatic carbocycles. The van der Waals surface area contributed by atoms with Gasteiger partial charge in [0.25, 0.3) is 5.91 Å². The Morgan fingerprint density at radius 3 is 2.50 bits per heavy atom. The van der Waals surface area contributed by atoms with Crippen molar-refractivity contribution in [2.75, 3.05) is 32.7 Å². The van der Waals surface area contributed by atoms with Crippen molar-refractivity contribution < 1.29 is 4.79 Å². The van der Waals surface area contributed by atoms with Gasteiger partial charge in [0, 0.05) is 37.7 Å². The van der Waals surface area contributed by atoms with Gasteiger partial charge in [-0.15, -0.1) is 5.10 Å². The van der Waals surface area contributed by atoms with Gasteiger partial charge in [-0.25, -0.2) is 4.68 Å². The molecule has 154 valence electrons. The number of aromatic nitrogens is 3. The van der Waals surface area contributed by atoms with Crippen molar-refractivity contribution in [3.8, 4) is 0 Å². The molecule has 2 aromatic carbocycles. The molecular formula is C23H24ClN5O. The van der Waals surface area contributed by atoms with Crippen LogP contribution in [-0.2, 0) is 6.54 Å². The van der Waals surface area contributed by atoms with Crippen LogP contribution in [0.25, 0.3) is 6.08 Å². The Morgan fingerprint density at radius 1 is 1.00 bits per heavy atom. The average Bonchev–Trinajstić information content (AvgIpc) is 3.25. The molecule has 1 aliphatic heterocycles. The fourth-order valence-electron chi connectivity index (χ4n) is 3.47. The first-order valence-corrected chi connectivity index (χ1v) is 10.4. The zero-order valence-electron chi connectivity index (χ0n) is 16.7. The molecule has 0 atom stereocenters. The molecule has 0 unspecified atom stereocenters. The predicted octanol–water partition coefficient (Wildman–Crippen LogP) is 3.45. The van der Waals surface area contributed by atoms with Crippen LogP contribution in [0.3, 0.4) is 0 Å². The molecule has 30 heavy (non-hydrogen) atoms. The van der Waals surface area contributed by atoms with E-state index in [-0.39, 0.29) is 5.91 Å². The molecule has 4 rings (SSSR count). The fraction of sp³-hybridized carbons (Fsp3) is 0.261. The van der Waals surface area contributed by atoms with Crippen molar-refractivity contribution in [3.05, 3.63) is 88.7 Å². The maximum atomic E-state index is 12.8. The van der Waals surface area contributed by atoms with Crippen LogP contribution >= 0.6 is 11.6 Å². The molecule has 2 heterocycles. The first-order valence-electron chi connectivity index (χ1n) is 10.1. The number of hydrogen-bond donors (Lipinski definition) is 0. The Hall–Kier alpha value is -2.96. The SMILES string of the molecule is O=C(c1cn(Cc2ccccc2Cl)nn1)N1CCN(CC=Cc2ccccc2)CC1. The van der Waals surface area contributed by atoms with E-state index in [0.717, 1.165) is 25.2 Å². The first kappa shape index (κ1) is 20.3. The van der Waals surface area contributed by atoms with Crippen LogP contribution in [0.5, 0.6) is 0 Å². The lowest BCUT2D eigenvalue weighted by Crippen LogP contribution is -2.48. The van der Waals surface area contributed by atoms with E-state index in [9.17, 15) is 4.79 Å². The summed E-state index contributed by atoms with van der Waals surface area (Å²) in [6.45, 7) is 4.44. The van der Waals surface area contributed by atoms with Crippen LogP contribution in [0.2, 0.25) is 5.02 Å². The van der Waals surface area contributed by atoms with Crippen LogP contribution in [0.4, 0.5) is 0 Å². The topological polar surface area (TPSA) is 54.3 Å². The highest BCUT2D eigenvalue weighted by atomic mass is 35.5. The van der Waals surface area contributed by atoms with Crippen molar-refractivity contribution in [1.82, 2.24) is 24.8 Å². The molecule has 0 radical (unpaired) electrons. The molecule has 1 aromatic heterocycles. The van der Waals surface area contributed by atoms with Gasteiger partial charge in [0.1, 0.15) is 0 Å². The Balaban J connectivity index is 1.28. The number of amides is 1. The molecule has 0 spiro atoms. The maximum Gasteiger partial charge on any atom is 0.276 e. The van der Waals surface area contributed by atoms with Gasteiger partial charge in [-0.1, -0.05) is 77.5 Å². The summed E-state index contributed by atoms with van der Waals surface area (Å²) in [5, 5.41) is 8.85. The van der Waals surface area contributed by atoms with E-state index < -0.39 is 0 Å². The van der Waals surface area contributed by atoms with Gasteiger partial charge < -0.3 is 4.90 Å². The number of carbonyl (C=O) groups is 1. The summed E-state index contributed by atoms with van der Waals surface area (Å²) >= 11 is 6.20. The predicted molar refractivity (Wildman–Crippen MR) is 118 cm³/mol. The summed E-state index contributed by atoms with van der Waals surface area (Å²) in [6, 6.07) is 17.9. The molecule has 1 aliphatic rings. The van der Waals surface area contributed by atoms with Crippen molar-refractivity contribution in [2.24, 2.45) is 0 Å². The van der Waals surface area contributed by atoms with E-state index in [2.05, 4.69) is 39.5 Å². The second kappa shape index (κ2) is 9.69. The summed E-state index contributed by atoms with van der Waals surface area (Å²) in [5.74, 6) is -0.0695. The highest BCUT2D eigenvalue weighted by molar-refractivity contribution is 6.31. The minimum atomic E-state index is -0.0695. The zero-order chi connectivity index (χ0) is 20.8. The number of halogens is 1. The van der Waals surface area contributed by atoms with Gasteiger partial charge in [-0.2, -0.15) is 0 Å².